The van der Waals surface area contributed by atoms with E-state index in [4.69, 9.17) is 4.74 Å². The van der Waals surface area contributed by atoms with Crippen molar-refractivity contribution in [2.24, 2.45) is 0 Å². The van der Waals surface area contributed by atoms with E-state index >= 15 is 0 Å². The van der Waals surface area contributed by atoms with Gasteiger partial charge in [0, 0.05) is 0 Å². The van der Waals surface area contributed by atoms with E-state index < -0.39 is 23.1 Å². The van der Waals surface area contributed by atoms with Gasteiger partial charge in [0.2, 0.25) is 5.91 Å². The van der Waals surface area contributed by atoms with Crippen molar-refractivity contribution in [3.63, 3.8) is 0 Å². The number of alkyl carbamates (subject to hydrolysis) is 1. The fourth-order valence-electron chi connectivity index (χ4n) is 1.01. The average Bonchev–Trinajstić information content (AvgIpc) is 2.15. The van der Waals surface area contributed by atoms with Crippen LogP contribution in [0, 0.1) is 0 Å². The van der Waals surface area contributed by atoms with Crippen molar-refractivity contribution in [2.45, 2.75) is 52.6 Å². The van der Waals surface area contributed by atoms with Gasteiger partial charge in [-0.05, 0) is 41.5 Å². The fraction of sp³-hybridized carbons (Fsp3) is 0.750. The Morgan fingerprint density at radius 3 is 1.89 bits per heavy atom. The minimum Gasteiger partial charge on any atom is -0.450 e. The molecule has 0 saturated heterocycles. The molecule has 6 heteroatoms. The van der Waals surface area contributed by atoms with E-state index in [-0.39, 0.29) is 12.4 Å². The lowest BCUT2D eigenvalue weighted by Gasteiger charge is -2.30. The third-order valence-electron chi connectivity index (χ3n) is 2.56. The molecular formula is C12H22N2O4. The lowest BCUT2D eigenvalue weighted by Crippen LogP contribution is -2.60. The first-order chi connectivity index (χ1) is 8.03. The van der Waals surface area contributed by atoms with Gasteiger partial charge in [0.05, 0.1) is 12.1 Å². The van der Waals surface area contributed by atoms with E-state index in [1.54, 1.807) is 20.8 Å². The topological polar surface area (TPSA) is 84.5 Å². The predicted molar refractivity (Wildman–Crippen MR) is 67.1 cm³/mol. The number of ketones is 1. The van der Waals surface area contributed by atoms with Crippen LogP contribution in [0.2, 0.25) is 0 Å². The first kappa shape index (κ1) is 16.4. The maximum absolute atomic E-state index is 12.0. The number of amides is 2. The summed E-state index contributed by atoms with van der Waals surface area (Å²) in [7, 11) is 0. The Morgan fingerprint density at radius 2 is 1.50 bits per heavy atom. The Morgan fingerprint density at radius 1 is 1.00 bits per heavy atom. The molecule has 2 amide bonds. The van der Waals surface area contributed by atoms with Gasteiger partial charge in [0.15, 0.2) is 5.78 Å². The number of hydrogen-bond acceptors (Lipinski definition) is 4. The number of carbonyl (C=O) groups is 3. The molecule has 0 fully saturated rings. The highest BCUT2D eigenvalue weighted by molar-refractivity contribution is 5.95. The van der Waals surface area contributed by atoms with E-state index in [9.17, 15) is 14.4 Å². The van der Waals surface area contributed by atoms with Crippen LogP contribution in [0.5, 0.6) is 0 Å². The van der Waals surface area contributed by atoms with Crippen LogP contribution in [-0.2, 0) is 14.3 Å². The summed E-state index contributed by atoms with van der Waals surface area (Å²) < 4.78 is 4.71. The molecule has 0 aliphatic heterocycles. The van der Waals surface area contributed by atoms with Gasteiger partial charge in [0.1, 0.15) is 5.54 Å². The van der Waals surface area contributed by atoms with Gasteiger partial charge in [0.25, 0.3) is 0 Å². The first-order valence-corrected chi connectivity index (χ1v) is 5.81. The van der Waals surface area contributed by atoms with Crippen molar-refractivity contribution in [2.75, 3.05) is 6.61 Å². The van der Waals surface area contributed by atoms with Crippen molar-refractivity contribution in [1.29, 1.82) is 0 Å². The number of rotatable bonds is 5. The van der Waals surface area contributed by atoms with Crippen LogP contribution in [0.1, 0.15) is 41.5 Å². The smallest absolute Gasteiger partial charge is 0.407 e. The Bertz CT molecular complexity index is 348. The van der Waals surface area contributed by atoms with E-state index in [0.717, 1.165) is 0 Å². The average molecular weight is 258 g/mol. The predicted octanol–water partition coefficient (Wildman–Crippen LogP) is 0.995. The van der Waals surface area contributed by atoms with Gasteiger partial charge in [-0.15, -0.1) is 0 Å². The minimum absolute atomic E-state index is 0.164. The lowest BCUT2D eigenvalue weighted by molar-refractivity contribution is -0.133. The second-order valence-electron chi connectivity index (χ2n) is 5.11. The quantitative estimate of drug-likeness (QED) is 0.770. The molecule has 0 aliphatic carbocycles. The molecule has 6 nitrogen and oxygen atoms in total. The first-order valence-electron chi connectivity index (χ1n) is 5.81. The zero-order chi connectivity index (χ0) is 14.6. The van der Waals surface area contributed by atoms with Gasteiger partial charge >= 0.3 is 6.09 Å². The van der Waals surface area contributed by atoms with Crippen LogP contribution >= 0.6 is 0 Å². The molecule has 0 atom stereocenters. The Kier molecular flexibility index (Phi) is 5.32. The van der Waals surface area contributed by atoms with Crippen LogP contribution in [0.25, 0.3) is 0 Å². The van der Waals surface area contributed by atoms with Gasteiger partial charge in [-0.25, -0.2) is 4.79 Å². The van der Waals surface area contributed by atoms with Crippen LogP contribution in [0.3, 0.4) is 0 Å². The summed E-state index contributed by atoms with van der Waals surface area (Å²) in [6.45, 7) is 9.58. The Labute approximate surface area is 107 Å². The summed E-state index contributed by atoms with van der Waals surface area (Å²) >= 11 is 0. The molecule has 18 heavy (non-hydrogen) atoms. The van der Waals surface area contributed by atoms with Crippen molar-refractivity contribution in [3.05, 3.63) is 0 Å². The standard InChI is InChI=1S/C12H22N2O4/c1-7-18-10(17)14-12(5,6)9(16)13-11(3,4)8(2)15/h7H2,1-6H3,(H,13,16)(H,14,17). The molecule has 0 aliphatic rings. The second kappa shape index (κ2) is 5.84. The molecule has 0 aromatic rings. The molecule has 0 spiro atoms. The summed E-state index contributed by atoms with van der Waals surface area (Å²) in [4.78, 5) is 34.6. The van der Waals surface area contributed by atoms with Crippen LogP contribution in [0.15, 0.2) is 0 Å². The molecular weight excluding hydrogens is 236 g/mol. The molecule has 0 bridgehead atoms. The van der Waals surface area contributed by atoms with Crippen molar-refractivity contribution in [3.8, 4) is 0 Å². The lowest BCUT2D eigenvalue weighted by atomic mass is 9.97. The number of Topliss-reactive ketones (excluding diaryl/α,β-unsaturated/α-hetero) is 1. The summed E-state index contributed by atoms with van der Waals surface area (Å²) in [6, 6.07) is 0. The van der Waals surface area contributed by atoms with Gasteiger partial charge in [-0.2, -0.15) is 0 Å². The van der Waals surface area contributed by atoms with E-state index in [1.807, 2.05) is 0 Å². The van der Waals surface area contributed by atoms with E-state index in [1.165, 1.54) is 20.8 Å². The SMILES string of the molecule is CCOC(=O)NC(C)(C)C(=O)NC(C)(C)C(C)=O. The van der Waals surface area contributed by atoms with Crippen LogP contribution in [0.4, 0.5) is 4.79 Å². The number of hydrogen-bond donors (Lipinski definition) is 2. The maximum atomic E-state index is 12.0. The third kappa shape index (κ3) is 4.73. The van der Waals surface area contributed by atoms with Crippen molar-refractivity contribution >= 4 is 17.8 Å². The minimum atomic E-state index is -1.15. The number of ether oxygens (including phenoxy) is 1. The highest BCUT2D eigenvalue weighted by Crippen LogP contribution is 2.09. The highest BCUT2D eigenvalue weighted by Gasteiger charge is 2.35. The van der Waals surface area contributed by atoms with E-state index in [0.29, 0.717) is 0 Å². The zero-order valence-electron chi connectivity index (χ0n) is 11.8. The molecule has 104 valence electrons. The summed E-state index contributed by atoms with van der Waals surface area (Å²) in [6.07, 6.45) is -0.668. The van der Waals surface area contributed by atoms with Crippen molar-refractivity contribution < 1.29 is 19.1 Å². The molecule has 0 aromatic carbocycles. The van der Waals surface area contributed by atoms with Gasteiger partial charge < -0.3 is 15.4 Å². The molecule has 0 heterocycles. The van der Waals surface area contributed by atoms with E-state index in [2.05, 4.69) is 10.6 Å². The highest BCUT2D eigenvalue weighted by atomic mass is 16.5. The zero-order valence-corrected chi connectivity index (χ0v) is 11.8. The summed E-state index contributed by atoms with van der Waals surface area (Å²) in [5.74, 6) is -0.612. The molecule has 2 N–H and O–H groups in total. The number of nitrogens with one attached hydrogen (secondary N) is 2. The number of carbonyl (C=O) groups excluding carboxylic acids is 3. The van der Waals surface area contributed by atoms with Gasteiger partial charge in [-0.3, -0.25) is 9.59 Å². The fourth-order valence-corrected chi connectivity index (χ4v) is 1.01. The summed E-state index contributed by atoms with van der Waals surface area (Å²) in [5, 5.41) is 5.02. The molecule has 0 saturated carbocycles. The van der Waals surface area contributed by atoms with Crippen LogP contribution in [-0.4, -0.2) is 35.5 Å². The molecule has 0 unspecified atom stereocenters. The Balaban J connectivity index is 4.67. The Hall–Kier alpha value is -1.59. The molecule has 0 aromatic heterocycles. The molecule has 0 rings (SSSR count). The second-order valence-corrected chi connectivity index (χ2v) is 5.11. The summed E-state index contributed by atoms with van der Waals surface area (Å²) in [5.41, 5.74) is -2.12. The third-order valence-corrected chi connectivity index (χ3v) is 2.56. The van der Waals surface area contributed by atoms with Gasteiger partial charge in [-0.1, -0.05) is 0 Å². The largest absolute Gasteiger partial charge is 0.450 e. The monoisotopic (exact) mass is 258 g/mol. The van der Waals surface area contributed by atoms with Crippen molar-refractivity contribution in [1.82, 2.24) is 10.6 Å². The normalized spacial score (nSPS) is 11.7. The maximum Gasteiger partial charge on any atom is 0.407 e. The molecule has 0 radical (unpaired) electrons. The van der Waals surface area contributed by atoms with Crippen LogP contribution < -0.4 is 10.6 Å².